The molecule has 104 valence electrons. The lowest BCUT2D eigenvalue weighted by Gasteiger charge is -2.41. The first-order valence-corrected chi connectivity index (χ1v) is 9.73. The minimum atomic E-state index is -0.949. The standard InChI is InChI=1S/C16H22BrNS/c1-11-10-12(2)16(13(11)3)19(4,5)18-15-8-6-14(17)7-9-15/h6-10,16,18H,1-5H3. The van der Waals surface area contributed by atoms with Gasteiger partial charge in [0.25, 0.3) is 0 Å². The highest BCUT2D eigenvalue weighted by Gasteiger charge is 2.31. The Labute approximate surface area is 126 Å². The van der Waals surface area contributed by atoms with E-state index in [1.54, 1.807) is 0 Å². The highest BCUT2D eigenvalue weighted by atomic mass is 79.9. The predicted octanol–water partition coefficient (Wildman–Crippen LogP) is 5.51. The molecule has 1 aromatic carbocycles. The van der Waals surface area contributed by atoms with E-state index >= 15 is 0 Å². The van der Waals surface area contributed by atoms with E-state index < -0.39 is 10.2 Å². The van der Waals surface area contributed by atoms with E-state index in [9.17, 15) is 0 Å². The Bertz CT molecular complexity index is 540. The molecule has 1 atom stereocenters. The van der Waals surface area contributed by atoms with Crippen LogP contribution in [0.15, 0.2) is 51.5 Å². The van der Waals surface area contributed by atoms with E-state index in [-0.39, 0.29) is 0 Å². The molecule has 0 bridgehead atoms. The fraction of sp³-hybridized carbons (Fsp3) is 0.375. The summed E-state index contributed by atoms with van der Waals surface area (Å²) in [6.45, 7) is 6.74. The fourth-order valence-electron chi connectivity index (χ4n) is 2.87. The molecule has 0 aromatic heterocycles. The van der Waals surface area contributed by atoms with Crippen molar-refractivity contribution in [2.24, 2.45) is 0 Å². The van der Waals surface area contributed by atoms with Gasteiger partial charge in [0.2, 0.25) is 0 Å². The molecule has 0 fully saturated rings. The quantitative estimate of drug-likeness (QED) is 0.765. The average molecular weight is 340 g/mol. The van der Waals surface area contributed by atoms with Crippen LogP contribution in [0.2, 0.25) is 0 Å². The van der Waals surface area contributed by atoms with E-state index in [1.165, 1.54) is 22.4 Å². The second kappa shape index (κ2) is 5.37. The van der Waals surface area contributed by atoms with Gasteiger partial charge >= 0.3 is 0 Å². The molecule has 1 N–H and O–H groups in total. The summed E-state index contributed by atoms with van der Waals surface area (Å²) in [5.74, 6) is 0. The van der Waals surface area contributed by atoms with Crippen LogP contribution in [0.3, 0.4) is 0 Å². The minimum Gasteiger partial charge on any atom is -0.347 e. The highest BCUT2D eigenvalue weighted by Crippen LogP contribution is 2.53. The molecule has 0 spiro atoms. The van der Waals surface area contributed by atoms with Crippen LogP contribution in [0.5, 0.6) is 0 Å². The lowest BCUT2D eigenvalue weighted by atomic mass is 10.2. The maximum Gasteiger partial charge on any atom is 0.0465 e. The summed E-state index contributed by atoms with van der Waals surface area (Å²) < 4.78 is 4.88. The van der Waals surface area contributed by atoms with Gasteiger partial charge in [0.15, 0.2) is 0 Å². The smallest absolute Gasteiger partial charge is 0.0465 e. The summed E-state index contributed by atoms with van der Waals surface area (Å²) in [6.07, 6.45) is 7.05. The Kier molecular flexibility index (Phi) is 4.17. The Morgan fingerprint density at radius 3 is 2.11 bits per heavy atom. The summed E-state index contributed by atoms with van der Waals surface area (Å²) >= 11 is 3.48. The van der Waals surface area contributed by atoms with Crippen LogP contribution >= 0.6 is 26.1 Å². The van der Waals surface area contributed by atoms with Gasteiger partial charge in [0, 0.05) is 15.4 Å². The van der Waals surface area contributed by atoms with Crippen LogP contribution in [-0.2, 0) is 0 Å². The molecule has 0 amide bonds. The third-order valence-electron chi connectivity index (χ3n) is 3.69. The third kappa shape index (κ3) is 3.09. The zero-order chi connectivity index (χ0) is 14.2. The summed E-state index contributed by atoms with van der Waals surface area (Å²) in [4.78, 5) is 0. The molecule has 0 aliphatic heterocycles. The Balaban J connectivity index is 2.24. The largest absolute Gasteiger partial charge is 0.347 e. The topological polar surface area (TPSA) is 12.0 Å². The van der Waals surface area contributed by atoms with Gasteiger partial charge in [0.1, 0.15) is 0 Å². The second-order valence-electron chi connectivity index (χ2n) is 5.65. The lowest BCUT2D eigenvalue weighted by molar-refractivity contribution is 1.14. The number of rotatable bonds is 3. The molecule has 0 radical (unpaired) electrons. The Morgan fingerprint density at radius 1 is 1.05 bits per heavy atom. The van der Waals surface area contributed by atoms with Crippen LogP contribution in [-0.4, -0.2) is 17.8 Å². The SMILES string of the molecule is CC1=CC(C)=C(C)C1S(C)(C)Nc1ccc(Br)cc1. The van der Waals surface area contributed by atoms with Gasteiger partial charge < -0.3 is 4.72 Å². The molecule has 1 aliphatic carbocycles. The van der Waals surface area contributed by atoms with E-state index in [4.69, 9.17) is 0 Å². The molecule has 1 unspecified atom stereocenters. The first-order chi connectivity index (χ1) is 8.81. The van der Waals surface area contributed by atoms with Gasteiger partial charge in [-0.1, -0.05) is 38.7 Å². The van der Waals surface area contributed by atoms with Crippen molar-refractivity contribution in [3.8, 4) is 0 Å². The number of hydrogen-bond donors (Lipinski definition) is 1. The number of hydrogen-bond acceptors (Lipinski definition) is 1. The summed E-state index contributed by atoms with van der Waals surface area (Å²) in [7, 11) is -0.949. The van der Waals surface area contributed by atoms with Crippen molar-refractivity contribution in [3.63, 3.8) is 0 Å². The molecular weight excluding hydrogens is 318 g/mol. The Hall–Kier alpha value is -0.670. The molecule has 1 nitrogen and oxygen atoms in total. The zero-order valence-corrected chi connectivity index (χ0v) is 14.7. The number of allylic oxidation sites excluding steroid dienone is 2. The first-order valence-electron chi connectivity index (χ1n) is 6.42. The molecule has 2 rings (SSSR count). The van der Waals surface area contributed by atoms with Gasteiger partial charge in [-0.05, 0) is 57.5 Å². The summed E-state index contributed by atoms with van der Waals surface area (Å²) in [6, 6.07) is 8.45. The van der Waals surface area contributed by atoms with Crippen molar-refractivity contribution >= 4 is 31.8 Å². The number of nitrogens with one attached hydrogen (secondary N) is 1. The first kappa shape index (κ1) is 14.7. The van der Waals surface area contributed by atoms with Crippen molar-refractivity contribution in [2.45, 2.75) is 26.0 Å². The molecule has 0 saturated carbocycles. The van der Waals surface area contributed by atoms with E-state index in [2.05, 4.69) is 84.3 Å². The van der Waals surface area contributed by atoms with Gasteiger partial charge in [-0.25, -0.2) is 0 Å². The maximum absolute atomic E-state index is 3.76. The molecule has 1 aliphatic rings. The molecule has 0 heterocycles. The van der Waals surface area contributed by atoms with E-state index in [1.807, 2.05) is 0 Å². The van der Waals surface area contributed by atoms with Crippen LogP contribution in [0.25, 0.3) is 0 Å². The molecular formula is C16H22BrNS. The van der Waals surface area contributed by atoms with Crippen LogP contribution in [0, 0.1) is 0 Å². The van der Waals surface area contributed by atoms with E-state index in [0.717, 1.165) is 4.47 Å². The lowest BCUT2D eigenvalue weighted by Crippen LogP contribution is -2.23. The van der Waals surface area contributed by atoms with Crippen LogP contribution in [0.1, 0.15) is 20.8 Å². The maximum atomic E-state index is 3.76. The monoisotopic (exact) mass is 339 g/mol. The molecule has 19 heavy (non-hydrogen) atoms. The second-order valence-corrected chi connectivity index (χ2v) is 10.1. The molecule has 3 heteroatoms. The van der Waals surface area contributed by atoms with Gasteiger partial charge in [0.05, 0.1) is 0 Å². The molecule has 1 aromatic rings. The van der Waals surface area contributed by atoms with Crippen molar-refractivity contribution < 1.29 is 0 Å². The van der Waals surface area contributed by atoms with Gasteiger partial charge in [-0.3, -0.25) is 0 Å². The summed E-state index contributed by atoms with van der Waals surface area (Å²) in [5.41, 5.74) is 5.63. The Morgan fingerprint density at radius 2 is 1.63 bits per heavy atom. The number of benzene rings is 1. The van der Waals surface area contributed by atoms with Crippen molar-refractivity contribution in [3.05, 3.63) is 51.5 Å². The zero-order valence-electron chi connectivity index (χ0n) is 12.3. The van der Waals surface area contributed by atoms with Gasteiger partial charge in [-0.2, -0.15) is 10.2 Å². The van der Waals surface area contributed by atoms with Crippen molar-refractivity contribution in [1.29, 1.82) is 0 Å². The fourth-order valence-corrected chi connectivity index (χ4v) is 6.06. The predicted molar refractivity (Wildman–Crippen MR) is 93.1 cm³/mol. The van der Waals surface area contributed by atoms with Crippen LogP contribution < -0.4 is 4.72 Å². The minimum absolute atomic E-state index is 0.552. The number of anilines is 1. The van der Waals surface area contributed by atoms with Crippen molar-refractivity contribution in [2.75, 3.05) is 17.2 Å². The van der Waals surface area contributed by atoms with E-state index in [0.29, 0.717) is 5.25 Å². The third-order valence-corrected chi connectivity index (χ3v) is 6.88. The van der Waals surface area contributed by atoms with Crippen molar-refractivity contribution in [1.82, 2.24) is 0 Å². The van der Waals surface area contributed by atoms with Crippen LogP contribution in [0.4, 0.5) is 5.69 Å². The normalized spacial score (nSPS) is 20.5. The average Bonchev–Trinajstić information content (AvgIpc) is 2.56. The number of halogens is 1. The molecule has 0 saturated heterocycles. The van der Waals surface area contributed by atoms with Gasteiger partial charge in [-0.15, -0.1) is 0 Å². The summed E-state index contributed by atoms with van der Waals surface area (Å²) in [5, 5.41) is 0.552. The highest BCUT2D eigenvalue weighted by molar-refractivity contribution is 9.10.